The van der Waals surface area contributed by atoms with Crippen molar-refractivity contribution in [3.63, 3.8) is 0 Å². The van der Waals surface area contributed by atoms with Crippen molar-refractivity contribution in [2.24, 2.45) is 0 Å². The summed E-state index contributed by atoms with van der Waals surface area (Å²) < 4.78 is 4.89. The van der Waals surface area contributed by atoms with Crippen LogP contribution in [0, 0.1) is 0 Å². The van der Waals surface area contributed by atoms with Crippen LogP contribution in [0.4, 0.5) is 0 Å². The number of carbonyl (C=O) groups excluding carboxylic acids is 1. The van der Waals surface area contributed by atoms with Crippen LogP contribution in [0.15, 0.2) is 35.3 Å². The molecule has 1 amide bonds. The number of furan rings is 1. The van der Waals surface area contributed by atoms with Crippen molar-refractivity contribution in [1.29, 1.82) is 0 Å². The second-order valence-corrected chi connectivity index (χ2v) is 3.62. The van der Waals surface area contributed by atoms with Gasteiger partial charge in [0.25, 0.3) is 5.91 Å². The van der Waals surface area contributed by atoms with E-state index >= 15 is 0 Å². The third-order valence-electron chi connectivity index (χ3n) is 2.33. The van der Waals surface area contributed by atoms with Crippen LogP contribution in [-0.2, 0) is 11.2 Å². The Morgan fingerprint density at radius 2 is 2.39 bits per heavy atom. The molecule has 0 aliphatic rings. The molecule has 0 bridgehead atoms. The fourth-order valence-electron chi connectivity index (χ4n) is 1.45. The summed E-state index contributed by atoms with van der Waals surface area (Å²) in [4.78, 5) is 29.3. The van der Waals surface area contributed by atoms with Gasteiger partial charge in [-0.15, -0.1) is 0 Å². The first-order chi connectivity index (χ1) is 8.66. The third kappa shape index (κ3) is 2.76. The molecule has 0 aliphatic carbocycles. The van der Waals surface area contributed by atoms with E-state index in [1.165, 1.54) is 24.9 Å². The highest BCUT2D eigenvalue weighted by Crippen LogP contribution is 2.03. The van der Waals surface area contributed by atoms with Crippen LogP contribution < -0.4 is 5.32 Å². The number of aliphatic carboxylic acids is 1. The van der Waals surface area contributed by atoms with Gasteiger partial charge in [-0.05, 0) is 12.1 Å². The van der Waals surface area contributed by atoms with E-state index in [0.717, 1.165) is 0 Å². The molecule has 0 aliphatic heterocycles. The fraction of sp³-hybridized carbons (Fsp3) is 0.182. The Hall–Kier alpha value is -2.57. The molecule has 2 rings (SSSR count). The zero-order valence-electron chi connectivity index (χ0n) is 9.29. The molecule has 0 spiro atoms. The topological polar surface area (TPSA) is 108 Å². The maximum atomic E-state index is 11.7. The number of carboxylic acid groups (broad SMARTS) is 1. The highest BCUT2D eigenvalue weighted by atomic mass is 16.4. The van der Waals surface area contributed by atoms with Crippen molar-refractivity contribution in [3.05, 3.63) is 42.4 Å². The van der Waals surface area contributed by atoms with E-state index in [0.29, 0.717) is 5.69 Å². The van der Waals surface area contributed by atoms with E-state index in [4.69, 9.17) is 9.52 Å². The van der Waals surface area contributed by atoms with Crippen LogP contribution in [0.25, 0.3) is 0 Å². The van der Waals surface area contributed by atoms with Gasteiger partial charge in [0, 0.05) is 18.3 Å². The summed E-state index contributed by atoms with van der Waals surface area (Å²) in [7, 11) is 0. The molecule has 0 saturated carbocycles. The zero-order valence-corrected chi connectivity index (χ0v) is 9.29. The van der Waals surface area contributed by atoms with Crippen LogP contribution in [0.1, 0.15) is 16.2 Å². The second-order valence-electron chi connectivity index (χ2n) is 3.62. The minimum Gasteiger partial charge on any atom is -0.480 e. The number of hydrogen-bond donors (Lipinski definition) is 3. The van der Waals surface area contributed by atoms with Crippen LogP contribution >= 0.6 is 0 Å². The third-order valence-corrected chi connectivity index (χ3v) is 2.33. The highest BCUT2D eigenvalue weighted by Gasteiger charge is 2.22. The monoisotopic (exact) mass is 249 g/mol. The van der Waals surface area contributed by atoms with Crippen molar-refractivity contribution in [3.8, 4) is 0 Å². The smallest absolute Gasteiger partial charge is 0.326 e. The molecule has 1 atom stereocenters. The van der Waals surface area contributed by atoms with E-state index in [9.17, 15) is 9.59 Å². The Morgan fingerprint density at radius 1 is 1.56 bits per heavy atom. The summed E-state index contributed by atoms with van der Waals surface area (Å²) in [5.41, 5.74) is 0.627. The van der Waals surface area contributed by atoms with Crippen LogP contribution in [0.2, 0.25) is 0 Å². The molecule has 0 aromatic carbocycles. The zero-order chi connectivity index (χ0) is 13.0. The van der Waals surface area contributed by atoms with Gasteiger partial charge in [-0.2, -0.15) is 0 Å². The second kappa shape index (κ2) is 5.17. The van der Waals surface area contributed by atoms with Crippen molar-refractivity contribution < 1.29 is 19.1 Å². The molecule has 7 heteroatoms. The van der Waals surface area contributed by atoms with Gasteiger partial charge in [-0.3, -0.25) is 4.79 Å². The molecule has 3 N–H and O–H groups in total. The largest absolute Gasteiger partial charge is 0.480 e. The number of aromatic nitrogens is 2. The molecule has 18 heavy (non-hydrogen) atoms. The fourth-order valence-corrected chi connectivity index (χ4v) is 1.45. The summed E-state index contributed by atoms with van der Waals surface area (Å²) in [6, 6.07) is 1.98. The maximum Gasteiger partial charge on any atom is 0.326 e. The predicted octanol–water partition coefficient (Wildman–Crippen LogP) is 0.428. The summed E-state index contributed by atoms with van der Waals surface area (Å²) in [6.07, 6.45) is 4.43. The Labute approximate surface area is 102 Å². The lowest BCUT2D eigenvalue weighted by Gasteiger charge is -2.12. The summed E-state index contributed by atoms with van der Waals surface area (Å²) in [5, 5.41) is 11.4. The molecular weight excluding hydrogens is 238 g/mol. The summed E-state index contributed by atoms with van der Waals surface area (Å²) >= 11 is 0. The van der Waals surface area contributed by atoms with Crippen LogP contribution in [0.3, 0.4) is 0 Å². The van der Waals surface area contributed by atoms with Gasteiger partial charge >= 0.3 is 5.97 Å². The minimum atomic E-state index is -1.12. The van der Waals surface area contributed by atoms with Gasteiger partial charge in [0.1, 0.15) is 6.04 Å². The van der Waals surface area contributed by atoms with Gasteiger partial charge in [0.15, 0.2) is 5.76 Å². The predicted molar refractivity (Wildman–Crippen MR) is 59.9 cm³/mol. The number of aromatic amines is 1. The van der Waals surface area contributed by atoms with Gasteiger partial charge in [0.2, 0.25) is 0 Å². The first-order valence-electron chi connectivity index (χ1n) is 5.21. The number of H-pyrrole nitrogens is 1. The summed E-state index contributed by atoms with van der Waals surface area (Å²) in [6.45, 7) is 0. The average molecular weight is 249 g/mol. The van der Waals surface area contributed by atoms with E-state index in [1.54, 1.807) is 6.07 Å². The molecule has 2 heterocycles. The standard InChI is InChI=1S/C11H11N3O4/c15-10(9-2-1-3-18-9)14-8(11(16)17)4-7-5-12-6-13-7/h1-3,5-6,8H,4H2,(H,12,13)(H,14,15)(H,16,17)/t8-/m1/s1. The Kier molecular flexibility index (Phi) is 3.42. The Balaban J connectivity index is 2.03. The molecule has 0 fully saturated rings. The molecule has 0 unspecified atom stereocenters. The number of rotatable bonds is 5. The van der Waals surface area contributed by atoms with Crippen LogP contribution in [-0.4, -0.2) is 33.0 Å². The van der Waals surface area contributed by atoms with Crippen molar-refractivity contribution in [2.45, 2.75) is 12.5 Å². The molecule has 7 nitrogen and oxygen atoms in total. The van der Waals surface area contributed by atoms with E-state index < -0.39 is 17.9 Å². The minimum absolute atomic E-state index is 0.0749. The molecule has 2 aromatic heterocycles. The first kappa shape index (κ1) is 11.9. The van der Waals surface area contributed by atoms with Gasteiger partial charge in [0.05, 0.1) is 12.6 Å². The lowest BCUT2D eigenvalue weighted by molar-refractivity contribution is -0.139. The Bertz CT molecular complexity index is 518. The van der Waals surface area contributed by atoms with Crippen molar-refractivity contribution in [2.75, 3.05) is 0 Å². The molecule has 0 saturated heterocycles. The number of carboxylic acids is 1. The lowest BCUT2D eigenvalue weighted by atomic mass is 10.1. The van der Waals surface area contributed by atoms with E-state index in [2.05, 4.69) is 15.3 Å². The van der Waals surface area contributed by atoms with Gasteiger partial charge < -0.3 is 19.8 Å². The lowest BCUT2D eigenvalue weighted by Crippen LogP contribution is -2.42. The highest BCUT2D eigenvalue weighted by molar-refractivity contribution is 5.94. The Morgan fingerprint density at radius 3 is 2.94 bits per heavy atom. The van der Waals surface area contributed by atoms with Gasteiger partial charge in [-0.1, -0.05) is 0 Å². The molecule has 0 radical (unpaired) electrons. The van der Waals surface area contributed by atoms with E-state index in [1.807, 2.05) is 0 Å². The molecule has 2 aromatic rings. The first-order valence-corrected chi connectivity index (χ1v) is 5.21. The molecular formula is C11H11N3O4. The number of hydrogen-bond acceptors (Lipinski definition) is 4. The number of nitrogens with zero attached hydrogens (tertiary/aromatic N) is 1. The SMILES string of the molecule is O=C(N[C@H](Cc1cnc[nH]1)C(=O)O)c1ccco1. The summed E-state index contributed by atoms with van der Waals surface area (Å²) in [5.74, 6) is -1.61. The number of amides is 1. The maximum absolute atomic E-state index is 11.7. The van der Waals surface area contributed by atoms with Gasteiger partial charge in [-0.25, -0.2) is 9.78 Å². The van der Waals surface area contributed by atoms with Crippen molar-refractivity contribution in [1.82, 2.24) is 15.3 Å². The van der Waals surface area contributed by atoms with E-state index in [-0.39, 0.29) is 12.2 Å². The number of nitrogens with one attached hydrogen (secondary N) is 2. The van der Waals surface area contributed by atoms with Crippen molar-refractivity contribution >= 4 is 11.9 Å². The van der Waals surface area contributed by atoms with Crippen LogP contribution in [0.5, 0.6) is 0 Å². The normalized spacial score (nSPS) is 12.0. The average Bonchev–Trinajstić information content (AvgIpc) is 3.00. The molecule has 94 valence electrons. The number of imidazole rings is 1. The quantitative estimate of drug-likeness (QED) is 0.712. The number of carbonyl (C=O) groups is 2.